The number of aliphatic hydroxyl groups excluding tert-OH is 3. The molecule has 0 aliphatic heterocycles. The highest BCUT2D eigenvalue weighted by molar-refractivity contribution is 6.25. The molecule has 10 heteroatoms. The number of likely N-dealkylation sites (N-methyl/N-ethyl adjacent to an activating group) is 1. The zero-order chi connectivity index (χ0) is 29.3. The Hall–Kier alpha value is -3.83. The van der Waals surface area contributed by atoms with Gasteiger partial charge in [-0.2, -0.15) is 0 Å². The molecule has 2 aromatic carbocycles. The maximum absolute atomic E-state index is 14.0. The Morgan fingerprint density at radius 3 is 2.25 bits per heavy atom. The highest BCUT2D eigenvalue weighted by atomic mass is 16.3. The number of Topliss-reactive ketones (excluding diaryl/α,β-unsaturated/α-hetero) is 2. The van der Waals surface area contributed by atoms with Crippen LogP contribution in [0.3, 0.4) is 0 Å². The average molecular weight is 549 g/mol. The minimum absolute atomic E-state index is 0.0459. The Labute approximate surface area is 230 Å². The van der Waals surface area contributed by atoms with Gasteiger partial charge in [-0.3, -0.25) is 14.4 Å². The number of aliphatic hydroxyl groups is 4. The third-order valence-electron chi connectivity index (χ3n) is 8.78. The van der Waals surface area contributed by atoms with Gasteiger partial charge in [-0.15, -0.1) is 0 Å². The van der Waals surface area contributed by atoms with Gasteiger partial charge in [-0.1, -0.05) is 61.5 Å². The van der Waals surface area contributed by atoms with Crippen molar-refractivity contribution in [1.82, 2.24) is 4.90 Å². The Morgan fingerprint density at radius 1 is 1.00 bits per heavy atom. The van der Waals surface area contributed by atoms with Crippen LogP contribution in [0.5, 0.6) is 5.75 Å². The Kier molecular flexibility index (Phi) is 6.70. The highest BCUT2D eigenvalue weighted by Gasteiger charge is 2.71. The first-order valence-corrected chi connectivity index (χ1v) is 13.0. The van der Waals surface area contributed by atoms with Gasteiger partial charge in [-0.25, -0.2) is 0 Å². The van der Waals surface area contributed by atoms with Crippen LogP contribution < -0.4 is 5.73 Å². The quantitative estimate of drug-likeness (QED) is 0.238. The molecular formula is C30H32N2O8. The minimum Gasteiger partial charge on any atom is -0.507 e. The van der Waals surface area contributed by atoms with E-state index >= 15 is 0 Å². The van der Waals surface area contributed by atoms with Gasteiger partial charge in [0.2, 0.25) is 11.7 Å². The topological polar surface area (TPSA) is 182 Å². The molecule has 0 radical (unpaired) electrons. The molecule has 2 saturated carbocycles. The second-order valence-corrected chi connectivity index (χ2v) is 11.1. The number of phenolic OH excluding ortho intramolecular Hbond substituents is 1. The molecule has 10 nitrogen and oxygen atoms in total. The van der Waals surface area contributed by atoms with Crippen molar-refractivity contribution in [2.45, 2.75) is 36.7 Å². The number of primary amides is 1. The number of carbonyl (C=O) groups excluding carboxylic acids is 3. The summed E-state index contributed by atoms with van der Waals surface area (Å²) in [5, 5.41) is 57.0. The van der Waals surface area contributed by atoms with E-state index in [1.807, 2.05) is 30.3 Å². The predicted molar refractivity (Wildman–Crippen MR) is 146 cm³/mol. The molecule has 0 aromatic heterocycles. The number of benzene rings is 2. The smallest absolute Gasteiger partial charge is 0.230 e. The molecule has 0 spiro atoms. The number of rotatable bonds is 4. The van der Waals surface area contributed by atoms with E-state index in [-0.39, 0.29) is 11.3 Å². The Morgan fingerprint density at radius 2 is 1.65 bits per heavy atom. The number of fused-ring (bicyclic) bond motifs is 3. The lowest BCUT2D eigenvalue weighted by molar-refractivity contribution is -0.199. The first kappa shape index (κ1) is 27.7. The summed E-state index contributed by atoms with van der Waals surface area (Å²) >= 11 is 0. The molecule has 210 valence electrons. The lowest BCUT2D eigenvalue weighted by Crippen LogP contribution is -2.76. The van der Waals surface area contributed by atoms with E-state index in [0.29, 0.717) is 11.1 Å². The van der Waals surface area contributed by atoms with E-state index in [0.717, 1.165) is 5.56 Å². The van der Waals surface area contributed by atoms with Crippen molar-refractivity contribution in [2.75, 3.05) is 14.1 Å². The van der Waals surface area contributed by atoms with Crippen LogP contribution in [0.1, 0.15) is 35.1 Å². The van der Waals surface area contributed by atoms with Crippen LogP contribution in [0, 0.1) is 17.8 Å². The molecule has 0 heterocycles. The van der Waals surface area contributed by atoms with Gasteiger partial charge in [0.05, 0.1) is 17.8 Å². The monoisotopic (exact) mass is 548 g/mol. The van der Waals surface area contributed by atoms with Crippen molar-refractivity contribution in [3.05, 3.63) is 70.3 Å². The molecule has 40 heavy (non-hydrogen) atoms. The molecule has 0 saturated heterocycles. The van der Waals surface area contributed by atoms with Crippen molar-refractivity contribution >= 4 is 35.4 Å². The van der Waals surface area contributed by atoms with Crippen LogP contribution in [0.4, 0.5) is 0 Å². The van der Waals surface area contributed by atoms with E-state index in [4.69, 9.17) is 5.73 Å². The van der Waals surface area contributed by atoms with Crippen LogP contribution in [0.25, 0.3) is 17.9 Å². The first-order chi connectivity index (χ1) is 18.8. The van der Waals surface area contributed by atoms with E-state index in [2.05, 4.69) is 0 Å². The lowest BCUT2D eigenvalue weighted by atomic mass is 9.51. The third kappa shape index (κ3) is 3.75. The zero-order valence-electron chi connectivity index (χ0n) is 22.2. The van der Waals surface area contributed by atoms with E-state index in [9.17, 15) is 39.9 Å². The summed E-state index contributed by atoms with van der Waals surface area (Å²) in [6.45, 7) is 1.70. The summed E-state index contributed by atoms with van der Waals surface area (Å²) in [6.07, 6.45) is 0.121. The van der Waals surface area contributed by atoms with Gasteiger partial charge in [-0.05, 0) is 31.1 Å². The number of aromatic hydroxyl groups is 1. The molecule has 1 amide bonds. The van der Waals surface area contributed by atoms with Gasteiger partial charge in [0, 0.05) is 29.0 Å². The minimum atomic E-state index is -2.95. The second kappa shape index (κ2) is 9.67. The third-order valence-corrected chi connectivity index (χ3v) is 8.78. The first-order valence-electron chi connectivity index (χ1n) is 13.0. The van der Waals surface area contributed by atoms with Gasteiger partial charge >= 0.3 is 0 Å². The number of nitrogens with zero attached hydrogens (tertiary/aromatic N) is 1. The van der Waals surface area contributed by atoms with Crippen LogP contribution in [0.15, 0.2) is 48.0 Å². The number of amides is 1. The van der Waals surface area contributed by atoms with E-state index < -0.39 is 76.3 Å². The Balaban J connectivity index is 1.69. The normalized spacial score (nSPS) is 33.6. The largest absolute Gasteiger partial charge is 0.507 e. The molecule has 3 aliphatic carbocycles. The molecule has 0 bridgehead atoms. The van der Waals surface area contributed by atoms with Gasteiger partial charge in [0.1, 0.15) is 17.4 Å². The van der Waals surface area contributed by atoms with Crippen LogP contribution in [0.2, 0.25) is 0 Å². The number of hydrogen-bond donors (Lipinski definition) is 6. The zero-order valence-corrected chi connectivity index (χ0v) is 22.2. The van der Waals surface area contributed by atoms with Gasteiger partial charge < -0.3 is 36.2 Å². The number of hydrogen-bond acceptors (Lipinski definition) is 9. The SMILES string of the molecule is C[C@H]1c2ccc(/C=C/c3ccccc3)c(O)c2C(O)=C2C(=O)[C@]3(O)C(=O)C(C(N)=O)C(O)[C@@H](N(C)C)[C@@H]3[C@@H](O)[C@@H]21. The number of phenols is 1. The summed E-state index contributed by atoms with van der Waals surface area (Å²) in [5.74, 6) is -9.91. The fourth-order valence-corrected chi connectivity index (χ4v) is 6.88. The lowest BCUT2D eigenvalue weighted by Gasteiger charge is -2.56. The summed E-state index contributed by atoms with van der Waals surface area (Å²) in [7, 11) is 3.04. The Bertz CT molecular complexity index is 1470. The maximum atomic E-state index is 14.0. The summed E-state index contributed by atoms with van der Waals surface area (Å²) in [6, 6.07) is 11.5. The molecule has 2 fully saturated rings. The van der Waals surface area contributed by atoms with Crippen LogP contribution >= 0.6 is 0 Å². The standard InChI is InChI=1S/C30H32N2O8/c1-13-16-12-11-15(10-9-14-7-5-4-6-8-14)23(33)18(16)24(34)19-17(13)25(35)21-22(32(2)3)26(36)20(29(31)39)28(38)30(21,40)27(19)37/h4-13,17,20-22,25-26,33-36,40H,1-3H3,(H2,31,39)/b10-9+/t13-,17+,20?,21+,22-,25-,26?,30-/m0/s1. The molecular weight excluding hydrogens is 516 g/mol. The van der Waals surface area contributed by atoms with Crippen molar-refractivity contribution < 1.29 is 39.9 Å². The second-order valence-electron chi connectivity index (χ2n) is 11.1. The number of ketones is 2. The fraction of sp³-hybridized carbons (Fsp3) is 0.367. The van der Waals surface area contributed by atoms with Crippen molar-refractivity contribution in [3.63, 3.8) is 0 Å². The molecule has 2 unspecified atom stereocenters. The van der Waals surface area contributed by atoms with Crippen LogP contribution in [-0.2, 0) is 14.4 Å². The number of nitrogens with two attached hydrogens (primary N) is 1. The number of carbonyl (C=O) groups is 3. The van der Waals surface area contributed by atoms with Crippen molar-refractivity contribution in [1.29, 1.82) is 0 Å². The summed E-state index contributed by atoms with van der Waals surface area (Å²) in [5.41, 5.74) is 3.65. The average Bonchev–Trinajstić information content (AvgIpc) is 2.90. The summed E-state index contributed by atoms with van der Waals surface area (Å²) in [4.78, 5) is 41.1. The predicted octanol–water partition coefficient (Wildman–Crippen LogP) is 0.831. The molecule has 3 aliphatic rings. The highest BCUT2D eigenvalue weighted by Crippen LogP contribution is 2.56. The van der Waals surface area contributed by atoms with E-state index in [1.54, 1.807) is 31.2 Å². The van der Waals surface area contributed by atoms with Gasteiger partial charge in [0.15, 0.2) is 11.4 Å². The van der Waals surface area contributed by atoms with Crippen molar-refractivity contribution in [2.24, 2.45) is 23.5 Å². The molecule has 8 atom stereocenters. The maximum Gasteiger partial charge on any atom is 0.230 e. The van der Waals surface area contributed by atoms with Gasteiger partial charge in [0.25, 0.3) is 0 Å². The molecule has 2 aromatic rings. The van der Waals surface area contributed by atoms with Crippen molar-refractivity contribution in [3.8, 4) is 5.75 Å². The summed E-state index contributed by atoms with van der Waals surface area (Å²) < 4.78 is 0. The van der Waals surface area contributed by atoms with Crippen LogP contribution in [-0.4, -0.2) is 85.9 Å². The fourth-order valence-electron chi connectivity index (χ4n) is 6.88. The molecule has 7 N–H and O–H groups in total. The molecule has 5 rings (SSSR count). The van der Waals surface area contributed by atoms with E-state index in [1.165, 1.54) is 19.0 Å².